The van der Waals surface area contributed by atoms with Crippen LogP contribution in [0.15, 0.2) is 90.3 Å². The highest BCUT2D eigenvalue weighted by molar-refractivity contribution is 8.00. The lowest BCUT2D eigenvalue weighted by atomic mass is 10.2. The lowest BCUT2D eigenvalue weighted by Gasteiger charge is -2.12. The van der Waals surface area contributed by atoms with Gasteiger partial charge in [-0.2, -0.15) is 10.2 Å². The molecule has 2 N–H and O–H groups in total. The third kappa shape index (κ3) is 6.33. The number of para-hydroxylation sites is 1. The molecule has 2 amide bonds. The fourth-order valence-electron chi connectivity index (χ4n) is 3.18. The van der Waals surface area contributed by atoms with Crippen molar-refractivity contribution in [2.24, 2.45) is 0 Å². The smallest absolute Gasteiger partial charge is 0.242 e. The van der Waals surface area contributed by atoms with E-state index in [9.17, 15) is 9.59 Å². The number of nitrogens with zero attached hydrogens (tertiary/aromatic N) is 4. The molecule has 0 aliphatic heterocycles. The zero-order chi connectivity index (χ0) is 23.0. The topological polar surface area (TPSA) is 93.8 Å². The summed E-state index contributed by atoms with van der Waals surface area (Å²) in [5.41, 5.74) is 2.41. The maximum Gasteiger partial charge on any atom is 0.242 e. The van der Waals surface area contributed by atoms with Gasteiger partial charge in [-0.3, -0.25) is 14.3 Å². The number of anilines is 1. The zero-order valence-corrected chi connectivity index (χ0v) is 18.9. The van der Waals surface area contributed by atoms with Crippen LogP contribution in [0.5, 0.6) is 0 Å². The van der Waals surface area contributed by atoms with Crippen molar-refractivity contribution in [1.29, 1.82) is 0 Å². The number of carbonyl (C=O) groups is 2. The molecular formula is C24H24N6O2S. The van der Waals surface area contributed by atoms with Gasteiger partial charge in [-0.15, -0.1) is 11.8 Å². The fraction of sp³-hybridized carbons (Fsp3) is 0.167. The number of aromatic nitrogens is 4. The number of thioether (sulfide) groups is 1. The number of hydrogen-bond acceptors (Lipinski definition) is 5. The van der Waals surface area contributed by atoms with E-state index in [4.69, 9.17) is 0 Å². The summed E-state index contributed by atoms with van der Waals surface area (Å²) in [4.78, 5) is 25.7. The molecule has 0 saturated heterocycles. The van der Waals surface area contributed by atoms with E-state index >= 15 is 0 Å². The summed E-state index contributed by atoms with van der Waals surface area (Å²) in [6.07, 6.45) is 6.82. The molecule has 0 fully saturated rings. The molecule has 0 radical (unpaired) electrons. The monoisotopic (exact) mass is 460 g/mol. The molecule has 33 heavy (non-hydrogen) atoms. The minimum absolute atomic E-state index is 0.0474. The Bertz CT molecular complexity index is 1210. The third-order valence-corrected chi connectivity index (χ3v) is 5.85. The van der Waals surface area contributed by atoms with Crippen LogP contribution in [0.4, 0.5) is 5.69 Å². The minimum Gasteiger partial charge on any atom is -0.348 e. The molecule has 0 bridgehead atoms. The predicted molar refractivity (Wildman–Crippen MR) is 128 cm³/mol. The molecule has 0 aliphatic rings. The van der Waals surface area contributed by atoms with Crippen LogP contribution in [0, 0.1) is 0 Å². The standard InChI is InChI=1S/C24H24N6O2S/c1-18(19-12-26-30(14-19)21-8-4-2-5-9-21)27-23(31)16-29-15-20(13-25-29)28-24(32)17-33-22-10-6-3-7-11-22/h2-15,18H,16-17H2,1H3,(H,27,31)(H,28,32)/t18-/m0/s1. The number of carbonyl (C=O) groups excluding carboxylic acids is 2. The van der Waals surface area contributed by atoms with E-state index < -0.39 is 0 Å². The van der Waals surface area contributed by atoms with Crippen molar-refractivity contribution in [1.82, 2.24) is 24.9 Å². The van der Waals surface area contributed by atoms with Crippen molar-refractivity contribution in [3.05, 3.63) is 91.0 Å². The summed E-state index contributed by atoms with van der Waals surface area (Å²) in [6, 6.07) is 19.3. The molecule has 0 unspecified atom stereocenters. The second-order valence-corrected chi connectivity index (χ2v) is 8.47. The van der Waals surface area contributed by atoms with Gasteiger partial charge in [0.05, 0.1) is 35.6 Å². The molecule has 4 rings (SSSR count). The molecule has 0 aliphatic carbocycles. The summed E-state index contributed by atoms with van der Waals surface area (Å²) in [5, 5.41) is 14.3. The molecular weight excluding hydrogens is 436 g/mol. The van der Waals surface area contributed by atoms with E-state index in [0.717, 1.165) is 16.1 Å². The van der Waals surface area contributed by atoms with E-state index in [2.05, 4.69) is 20.8 Å². The Morgan fingerprint density at radius 3 is 2.42 bits per heavy atom. The van der Waals surface area contributed by atoms with E-state index in [-0.39, 0.29) is 24.4 Å². The van der Waals surface area contributed by atoms with Crippen LogP contribution in [-0.2, 0) is 16.1 Å². The van der Waals surface area contributed by atoms with Crippen molar-refractivity contribution in [2.45, 2.75) is 24.4 Å². The molecule has 2 aromatic heterocycles. The summed E-state index contributed by atoms with van der Waals surface area (Å²) in [6.45, 7) is 1.95. The first-order chi connectivity index (χ1) is 16.1. The van der Waals surface area contributed by atoms with Crippen LogP contribution in [-0.4, -0.2) is 37.1 Å². The Labute approximate surface area is 196 Å². The Hall–Kier alpha value is -3.85. The largest absolute Gasteiger partial charge is 0.348 e. The van der Waals surface area contributed by atoms with Crippen molar-refractivity contribution in [2.75, 3.05) is 11.1 Å². The van der Waals surface area contributed by atoms with E-state index in [1.807, 2.05) is 73.8 Å². The first-order valence-electron chi connectivity index (χ1n) is 10.5. The van der Waals surface area contributed by atoms with Gasteiger partial charge in [-0.1, -0.05) is 36.4 Å². The Morgan fingerprint density at radius 1 is 0.939 bits per heavy atom. The van der Waals surface area contributed by atoms with Crippen LogP contribution in [0.2, 0.25) is 0 Å². The van der Waals surface area contributed by atoms with Gasteiger partial charge in [0.2, 0.25) is 11.8 Å². The Kier molecular flexibility index (Phi) is 7.21. The normalized spacial score (nSPS) is 11.7. The van der Waals surface area contributed by atoms with Gasteiger partial charge in [0.1, 0.15) is 6.54 Å². The lowest BCUT2D eigenvalue weighted by Crippen LogP contribution is -2.30. The van der Waals surface area contributed by atoms with Gasteiger partial charge in [0, 0.05) is 22.9 Å². The average Bonchev–Trinajstić information content (AvgIpc) is 3.49. The average molecular weight is 461 g/mol. The van der Waals surface area contributed by atoms with Gasteiger partial charge in [-0.05, 0) is 31.2 Å². The highest BCUT2D eigenvalue weighted by atomic mass is 32.2. The maximum atomic E-state index is 12.5. The first kappa shape index (κ1) is 22.3. The van der Waals surface area contributed by atoms with Gasteiger partial charge in [0.15, 0.2) is 0 Å². The molecule has 168 valence electrons. The maximum absolute atomic E-state index is 12.5. The van der Waals surface area contributed by atoms with Gasteiger partial charge in [-0.25, -0.2) is 4.68 Å². The van der Waals surface area contributed by atoms with E-state index in [1.165, 1.54) is 22.6 Å². The van der Waals surface area contributed by atoms with Crippen LogP contribution >= 0.6 is 11.8 Å². The molecule has 8 nitrogen and oxygen atoms in total. The fourth-order valence-corrected chi connectivity index (χ4v) is 3.90. The van der Waals surface area contributed by atoms with Crippen molar-refractivity contribution < 1.29 is 9.59 Å². The molecule has 2 aromatic carbocycles. The van der Waals surface area contributed by atoms with E-state index in [1.54, 1.807) is 17.1 Å². The molecule has 1 atom stereocenters. The summed E-state index contributed by atoms with van der Waals surface area (Å²) >= 11 is 1.46. The number of benzene rings is 2. The molecule has 2 heterocycles. The van der Waals surface area contributed by atoms with Crippen molar-refractivity contribution >= 4 is 29.3 Å². The highest BCUT2D eigenvalue weighted by Gasteiger charge is 2.13. The minimum atomic E-state index is -0.209. The number of hydrogen-bond donors (Lipinski definition) is 2. The second kappa shape index (κ2) is 10.6. The lowest BCUT2D eigenvalue weighted by molar-refractivity contribution is -0.122. The predicted octanol–water partition coefficient (Wildman–Crippen LogP) is 3.68. The Morgan fingerprint density at radius 2 is 1.67 bits per heavy atom. The summed E-state index contributed by atoms with van der Waals surface area (Å²) < 4.78 is 3.27. The van der Waals surface area contributed by atoms with Crippen LogP contribution < -0.4 is 10.6 Å². The quantitative estimate of drug-likeness (QED) is 0.372. The zero-order valence-electron chi connectivity index (χ0n) is 18.1. The van der Waals surface area contributed by atoms with E-state index in [0.29, 0.717) is 11.4 Å². The van der Waals surface area contributed by atoms with Gasteiger partial charge in [0.25, 0.3) is 0 Å². The molecule has 9 heteroatoms. The SMILES string of the molecule is C[C@H](NC(=O)Cn1cc(NC(=O)CSc2ccccc2)cn1)c1cnn(-c2ccccc2)c1. The van der Waals surface area contributed by atoms with Crippen molar-refractivity contribution in [3.8, 4) is 5.69 Å². The van der Waals surface area contributed by atoms with Crippen LogP contribution in [0.25, 0.3) is 5.69 Å². The Balaban J connectivity index is 1.25. The number of nitrogens with one attached hydrogen (secondary N) is 2. The first-order valence-corrected chi connectivity index (χ1v) is 11.4. The van der Waals surface area contributed by atoms with Gasteiger partial charge < -0.3 is 10.6 Å². The third-order valence-electron chi connectivity index (χ3n) is 4.84. The molecule has 0 spiro atoms. The second-order valence-electron chi connectivity index (χ2n) is 7.42. The molecule has 4 aromatic rings. The van der Waals surface area contributed by atoms with Crippen LogP contribution in [0.1, 0.15) is 18.5 Å². The number of amides is 2. The van der Waals surface area contributed by atoms with Crippen molar-refractivity contribution in [3.63, 3.8) is 0 Å². The highest BCUT2D eigenvalue weighted by Crippen LogP contribution is 2.17. The van der Waals surface area contributed by atoms with Crippen LogP contribution in [0.3, 0.4) is 0 Å². The van der Waals surface area contributed by atoms with Gasteiger partial charge >= 0.3 is 0 Å². The number of rotatable bonds is 9. The summed E-state index contributed by atoms with van der Waals surface area (Å²) in [5.74, 6) is -0.0170. The molecule has 0 saturated carbocycles. The summed E-state index contributed by atoms with van der Waals surface area (Å²) in [7, 11) is 0.